The predicted octanol–water partition coefficient (Wildman–Crippen LogP) is 4.55. The molecule has 5 rings (SSSR count). The molecule has 1 saturated carbocycles. The van der Waals surface area contributed by atoms with Gasteiger partial charge in [-0.2, -0.15) is 4.98 Å². The van der Waals surface area contributed by atoms with Gasteiger partial charge in [-0.05, 0) is 99.4 Å². The van der Waals surface area contributed by atoms with E-state index in [-0.39, 0.29) is 23.1 Å². The summed E-state index contributed by atoms with van der Waals surface area (Å²) in [6.45, 7) is 3.36. The van der Waals surface area contributed by atoms with Crippen LogP contribution in [0.4, 0.5) is 4.39 Å². The van der Waals surface area contributed by atoms with Crippen molar-refractivity contribution in [3.8, 4) is 16.9 Å². The molecule has 9 nitrogen and oxygen atoms in total. The molecule has 1 aliphatic rings. The first-order valence-corrected chi connectivity index (χ1v) is 14.8. The van der Waals surface area contributed by atoms with Crippen molar-refractivity contribution in [2.45, 2.75) is 57.5 Å². The Balaban J connectivity index is 1.36. The molecule has 1 aliphatic carbocycles. The van der Waals surface area contributed by atoms with Crippen molar-refractivity contribution >= 4 is 28.6 Å². The van der Waals surface area contributed by atoms with E-state index in [2.05, 4.69) is 32.4 Å². The van der Waals surface area contributed by atoms with Crippen LogP contribution in [0.3, 0.4) is 0 Å². The number of nitrogens with one attached hydrogen (secondary N) is 2. The molecule has 11 heteroatoms. The van der Waals surface area contributed by atoms with Crippen LogP contribution in [0.25, 0.3) is 28.0 Å². The lowest BCUT2D eigenvalue weighted by Gasteiger charge is -2.19. The van der Waals surface area contributed by atoms with Gasteiger partial charge in [0.1, 0.15) is 5.65 Å². The van der Waals surface area contributed by atoms with Gasteiger partial charge in [0, 0.05) is 35.8 Å². The largest absolute Gasteiger partial charge is 0.370 e. The minimum atomic E-state index is -0.514. The maximum absolute atomic E-state index is 15.1. The fourth-order valence-corrected chi connectivity index (χ4v) is 5.55. The number of guanidine groups is 1. The third-order valence-electron chi connectivity index (χ3n) is 7.63. The van der Waals surface area contributed by atoms with E-state index >= 15 is 4.39 Å². The van der Waals surface area contributed by atoms with E-state index in [1.807, 2.05) is 19.1 Å². The Hall–Kier alpha value is -3.73. The molecule has 4 aromatic rings. The number of nitrogens with zero attached hydrogens (tertiary/aromatic N) is 3. The first kappa shape index (κ1) is 29.8. The van der Waals surface area contributed by atoms with Crippen molar-refractivity contribution in [2.75, 3.05) is 13.1 Å². The zero-order chi connectivity index (χ0) is 29.8. The van der Waals surface area contributed by atoms with Gasteiger partial charge in [0.25, 0.3) is 0 Å². The highest BCUT2D eigenvalue weighted by atomic mass is 35.5. The number of H-pyrrole nitrogens is 1. The van der Waals surface area contributed by atoms with Crippen LogP contribution < -0.4 is 28.2 Å². The average Bonchev–Trinajstić information content (AvgIpc) is 3.71. The zero-order valence-corrected chi connectivity index (χ0v) is 24.5. The first-order chi connectivity index (χ1) is 20.2. The summed E-state index contributed by atoms with van der Waals surface area (Å²) < 4.78 is 16.6. The lowest BCUT2D eigenvalue weighted by Crippen LogP contribution is -2.26. The molecule has 8 N–H and O–H groups in total. The highest BCUT2D eigenvalue weighted by Crippen LogP contribution is 2.41. The summed E-state index contributed by atoms with van der Waals surface area (Å²) >= 11 is 6.25. The van der Waals surface area contributed by atoms with Gasteiger partial charge in [-0.3, -0.25) is 9.56 Å². The first-order valence-electron chi connectivity index (χ1n) is 14.4. The van der Waals surface area contributed by atoms with Crippen LogP contribution in [0.2, 0.25) is 5.02 Å². The van der Waals surface area contributed by atoms with E-state index < -0.39 is 11.5 Å². The van der Waals surface area contributed by atoms with Gasteiger partial charge >= 0.3 is 5.69 Å². The second-order valence-electron chi connectivity index (χ2n) is 11.2. The number of benzene rings is 2. The monoisotopic (exact) mass is 592 g/mol. The Morgan fingerprint density at radius 2 is 1.98 bits per heavy atom. The van der Waals surface area contributed by atoms with Crippen LogP contribution in [-0.2, 0) is 6.42 Å². The van der Waals surface area contributed by atoms with E-state index in [1.54, 1.807) is 24.4 Å². The predicted molar refractivity (Wildman–Crippen MR) is 167 cm³/mol. The summed E-state index contributed by atoms with van der Waals surface area (Å²) in [6.07, 6.45) is 7.42. The van der Waals surface area contributed by atoms with Crippen LogP contribution in [0.5, 0.6) is 0 Å². The molecule has 0 amide bonds. The SMILES string of the molecule is C[C@H](N)CCCc1cc(Cl)c(F)c(-c2cc3cn(-c4ccc([C@@H](NCCCN=C(N)N)C5CC5)cc4)c(=O)nc3[nH]2)c1. The fourth-order valence-electron chi connectivity index (χ4n) is 5.31. The third-order valence-corrected chi connectivity index (χ3v) is 7.90. The van der Waals surface area contributed by atoms with Crippen molar-refractivity contribution in [1.29, 1.82) is 0 Å². The van der Waals surface area contributed by atoms with Crippen molar-refractivity contribution in [3.63, 3.8) is 0 Å². The van der Waals surface area contributed by atoms with Crippen LogP contribution in [-0.4, -0.2) is 39.6 Å². The Kier molecular flexibility index (Phi) is 9.25. The van der Waals surface area contributed by atoms with Crippen molar-refractivity contribution in [2.24, 2.45) is 28.1 Å². The lowest BCUT2D eigenvalue weighted by atomic mass is 10.0. The Labute approximate surface area is 249 Å². The van der Waals surface area contributed by atoms with Gasteiger partial charge in [0.05, 0.1) is 16.4 Å². The van der Waals surface area contributed by atoms with Crippen molar-refractivity contribution < 1.29 is 4.39 Å². The van der Waals surface area contributed by atoms with Crippen molar-refractivity contribution in [3.05, 3.63) is 81.1 Å². The number of aliphatic imine (C=N–C) groups is 1. The van der Waals surface area contributed by atoms with E-state index in [0.717, 1.165) is 37.8 Å². The lowest BCUT2D eigenvalue weighted by molar-refractivity contribution is 0.477. The van der Waals surface area contributed by atoms with Gasteiger partial charge < -0.3 is 27.5 Å². The highest BCUT2D eigenvalue weighted by Gasteiger charge is 2.31. The summed E-state index contributed by atoms with van der Waals surface area (Å²) in [7, 11) is 0. The minimum absolute atomic E-state index is 0.0577. The molecule has 0 bridgehead atoms. The van der Waals surface area contributed by atoms with Gasteiger partial charge in [0.2, 0.25) is 0 Å². The second-order valence-corrected chi connectivity index (χ2v) is 11.6. The Bertz CT molecular complexity index is 1620. The van der Waals surface area contributed by atoms with Crippen molar-refractivity contribution in [1.82, 2.24) is 19.9 Å². The molecule has 2 heterocycles. The second kappa shape index (κ2) is 13.1. The highest BCUT2D eigenvalue weighted by molar-refractivity contribution is 6.31. The molecular formula is C31H38ClFN8O. The Morgan fingerprint density at radius 1 is 1.21 bits per heavy atom. The smallest absolute Gasteiger partial charge is 0.354 e. The number of halogens is 2. The minimum Gasteiger partial charge on any atom is -0.370 e. The van der Waals surface area contributed by atoms with Crippen LogP contribution in [0.1, 0.15) is 56.2 Å². The summed E-state index contributed by atoms with van der Waals surface area (Å²) in [5.74, 6) is 0.187. The van der Waals surface area contributed by atoms with E-state index in [0.29, 0.717) is 40.4 Å². The average molecular weight is 593 g/mol. The molecule has 0 radical (unpaired) electrons. The summed E-state index contributed by atoms with van der Waals surface area (Å²) in [6, 6.07) is 13.5. The summed E-state index contributed by atoms with van der Waals surface area (Å²) in [4.78, 5) is 24.4. The normalized spacial score (nSPS) is 14.7. The number of hydrogen-bond acceptors (Lipinski definition) is 5. The number of rotatable bonds is 13. The van der Waals surface area contributed by atoms with Gasteiger partial charge in [-0.1, -0.05) is 23.7 Å². The number of aryl methyl sites for hydroxylation is 1. The third kappa shape index (κ3) is 7.18. The van der Waals surface area contributed by atoms with Crippen LogP contribution in [0.15, 0.2) is 58.4 Å². The summed E-state index contributed by atoms with van der Waals surface area (Å²) in [5.41, 5.74) is 20.3. The molecule has 2 aromatic heterocycles. The molecule has 0 saturated heterocycles. The topological polar surface area (TPSA) is 153 Å². The standard InChI is InChI=1S/C31H38ClFN8O/c1-18(34)4-2-5-19-14-24(27(33)25(32)15-19)26-16-22-17-41(31(42)40-29(22)39-26)23-10-8-21(9-11-23)28(20-6-7-20)37-12-3-13-38-30(35)36/h8-11,14-18,20,28,37H,2-7,12-13,34H2,1H3,(H4,35,36,38)(H,39,40,42)/t18-,28-/m0/s1. The number of aromatic amines is 1. The molecule has 1 fully saturated rings. The summed E-state index contributed by atoms with van der Waals surface area (Å²) in [5, 5.41) is 4.37. The molecule has 42 heavy (non-hydrogen) atoms. The number of nitrogens with two attached hydrogens (primary N) is 3. The molecule has 2 aromatic carbocycles. The van der Waals surface area contributed by atoms with Crippen LogP contribution in [0, 0.1) is 11.7 Å². The van der Waals surface area contributed by atoms with E-state index in [9.17, 15) is 4.79 Å². The number of fused-ring (bicyclic) bond motifs is 1. The molecule has 0 unspecified atom stereocenters. The molecule has 222 valence electrons. The molecule has 0 spiro atoms. The number of aromatic nitrogens is 3. The molecular weight excluding hydrogens is 555 g/mol. The van der Waals surface area contributed by atoms with E-state index in [4.69, 9.17) is 28.8 Å². The van der Waals surface area contributed by atoms with Crippen LogP contribution >= 0.6 is 11.6 Å². The van der Waals surface area contributed by atoms with Gasteiger partial charge in [0.15, 0.2) is 11.8 Å². The van der Waals surface area contributed by atoms with E-state index in [1.165, 1.54) is 23.0 Å². The van der Waals surface area contributed by atoms with Gasteiger partial charge in [-0.25, -0.2) is 9.18 Å². The molecule has 0 aliphatic heterocycles. The number of hydrogen-bond donors (Lipinski definition) is 5. The zero-order valence-electron chi connectivity index (χ0n) is 23.7. The maximum Gasteiger partial charge on any atom is 0.354 e. The quantitative estimate of drug-likeness (QED) is 0.0872. The molecule has 2 atom stereocenters. The maximum atomic E-state index is 15.1. The Morgan fingerprint density at radius 3 is 2.67 bits per heavy atom. The fraction of sp³-hybridized carbons (Fsp3) is 0.387. The van der Waals surface area contributed by atoms with Gasteiger partial charge in [-0.15, -0.1) is 0 Å².